The molecule has 0 spiro atoms. The summed E-state index contributed by atoms with van der Waals surface area (Å²) < 4.78 is 6.81. The van der Waals surface area contributed by atoms with E-state index in [9.17, 15) is 19.8 Å². The first-order chi connectivity index (χ1) is 21.4. The van der Waals surface area contributed by atoms with Gasteiger partial charge in [-0.2, -0.15) is 0 Å². The van der Waals surface area contributed by atoms with E-state index in [1.54, 1.807) is 20.5 Å². The van der Waals surface area contributed by atoms with Crippen LogP contribution in [0.3, 0.4) is 0 Å². The summed E-state index contributed by atoms with van der Waals surface area (Å²) in [6, 6.07) is 24.5. The van der Waals surface area contributed by atoms with E-state index in [0.29, 0.717) is 48.7 Å². The number of hydrogen-bond donors (Lipinski definition) is 2. The lowest BCUT2D eigenvalue weighted by Crippen LogP contribution is -2.44. The van der Waals surface area contributed by atoms with Crippen molar-refractivity contribution in [3.05, 3.63) is 120 Å². The maximum Gasteiger partial charge on any atom is 0.414 e. The maximum atomic E-state index is 13.9. The third-order valence-electron chi connectivity index (χ3n) is 8.41. The third kappa shape index (κ3) is 5.49. The fourth-order valence-corrected chi connectivity index (χ4v) is 5.98. The number of benzene rings is 3. The van der Waals surface area contributed by atoms with Gasteiger partial charge in [-0.3, -0.25) is 14.4 Å². The van der Waals surface area contributed by atoms with Crippen LogP contribution >= 0.6 is 0 Å². The molecule has 2 N–H and O–H groups in total. The number of carbonyl (C=O) groups excluding carboxylic acids is 2. The number of aliphatic hydroxyl groups excluding tert-OH is 1. The molecule has 44 heavy (non-hydrogen) atoms. The summed E-state index contributed by atoms with van der Waals surface area (Å²) in [6.07, 6.45) is 5.89. The summed E-state index contributed by atoms with van der Waals surface area (Å²) in [5, 5.41) is 30.4. The molecule has 0 aliphatic carbocycles. The average molecular weight is 594 g/mol. The Morgan fingerprint density at radius 1 is 1.05 bits per heavy atom. The van der Waals surface area contributed by atoms with Crippen molar-refractivity contribution in [2.75, 3.05) is 29.6 Å². The molecule has 1 fully saturated rings. The fourth-order valence-electron chi connectivity index (χ4n) is 5.98. The molecule has 0 radical (unpaired) electrons. The minimum Gasteiger partial charge on any atom is -0.447 e. The second-order valence-electron chi connectivity index (χ2n) is 11.2. The second kappa shape index (κ2) is 12.4. The van der Waals surface area contributed by atoms with Crippen molar-refractivity contribution in [1.82, 2.24) is 15.0 Å². The van der Waals surface area contributed by atoms with Gasteiger partial charge >= 0.3 is 6.09 Å². The highest BCUT2D eigenvalue weighted by Crippen LogP contribution is 2.45. The lowest BCUT2D eigenvalue weighted by Gasteiger charge is -2.27. The molecule has 2 aliphatic rings. The molecule has 226 valence electrons. The van der Waals surface area contributed by atoms with Gasteiger partial charge in [-0.05, 0) is 35.7 Å². The highest BCUT2D eigenvalue weighted by atomic mass is 16.6. The van der Waals surface area contributed by atoms with E-state index in [2.05, 4.69) is 10.3 Å². The van der Waals surface area contributed by atoms with E-state index in [4.69, 9.17) is 4.74 Å². The zero-order valence-corrected chi connectivity index (χ0v) is 24.5. The fraction of sp³-hybridized carbons (Fsp3) is 0.294. The number of anilines is 2. The maximum absolute atomic E-state index is 13.9. The normalized spacial score (nSPS) is 19.4. The van der Waals surface area contributed by atoms with E-state index in [-0.39, 0.29) is 25.2 Å². The van der Waals surface area contributed by atoms with Gasteiger partial charge in [-0.1, -0.05) is 85.0 Å². The van der Waals surface area contributed by atoms with Crippen molar-refractivity contribution < 1.29 is 24.5 Å². The average Bonchev–Trinajstić information content (AvgIpc) is 3.75. The van der Waals surface area contributed by atoms with Crippen LogP contribution in [0.1, 0.15) is 41.6 Å². The highest BCUT2D eigenvalue weighted by Gasteiger charge is 2.52. The van der Waals surface area contributed by atoms with Crippen molar-refractivity contribution in [2.24, 2.45) is 5.92 Å². The van der Waals surface area contributed by atoms with Gasteiger partial charge in [-0.15, -0.1) is 5.10 Å². The predicted molar refractivity (Wildman–Crippen MR) is 165 cm³/mol. The number of carbonyl (C=O) groups is 2. The molecule has 2 amide bonds. The Kier molecular flexibility index (Phi) is 8.28. The van der Waals surface area contributed by atoms with Gasteiger partial charge in [0.15, 0.2) is 5.60 Å². The summed E-state index contributed by atoms with van der Waals surface area (Å²) in [5.41, 5.74) is 2.72. The van der Waals surface area contributed by atoms with Gasteiger partial charge in [0.25, 0.3) is 5.91 Å². The first kappa shape index (κ1) is 29.3. The van der Waals surface area contributed by atoms with E-state index in [1.807, 2.05) is 98.1 Å². The van der Waals surface area contributed by atoms with Gasteiger partial charge < -0.3 is 19.8 Å². The summed E-state index contributed by atoms with van der Waals surface area (Å²) in [6.45, 7) is 3.40. The molecule has 3 heterocycles. The van der Waals surface area contributed by atoms with Gasteiger partial charge in [-0.25, -0.2) is 4.79 Å². The summed E-state index contributed by atoms with van der Waals surface area (Å²) in [5.74, 6) is -1.14. The highest BCUT2D eigenvalue weighted by molar-refractivity contribution is 6.07. The van der Waals surface area contributed by atoms with Crippen molar-refractivity contribution in [2.45, 2.75) is 38.0 Å². The number of cyclic esters (lactones) is 1. The van der Waals surface area contributed by atoms with Gasteiger partial charge in [0.05, 0.1) is 37.0 Å². The number of aromatic nitrogens is 3. The van der Waals surface area contributed by atoms with Crippen LogP contribution in [-0.2, 0) is 28.2 Å². The van der Waals surface area contributed by atoms with Crippen LogP contribution in [0.25, 0.3) is 0 Å². The zero-order valence-electron chi connectivity index (χ0n) is 24.5. The van der Waals surface area contributed by atoms with Crippen LogP contribution < -0.4 is 9.80 Å². The molecule has 1 saturated heterocycles. The smallest absolute Gasteiger partial charge is 0.414 e. The number of amides is 2. The van der Waals surface area contributed by atoms with Crippen molar-refractivity contribution in [3.63, 3.8) is 0 Å². The number of rotatable bonds is 11. The molecular weight excluding hydrogens is 558 g/mol. The molecule has 3 aromatic carbocycles. The van der Waals surface area contributed by atoms with Gasteiger partial charge in [0.2, 0.25) is 0 Å². The van der Waals surface area contributed by atoms with Crippen LogP contribution in [0.15, 0.2) is 97.2 Å². The predicted octanol–water partition coefficient (Wildman–Crippen LogP) is 4.38. The number of aliphatic hydroxyl groups is 2. The topological polar surface area (TPSA) is 121 Å². The van der Waals surface area contributed by atoms with E-state index < -0.39 is 17.4 Å². The molecule has 10 nitrogen and oxygen atoms in total. The van der Waals surface area contributed by atoms with Crippen molar-refractivity contribution in [3.8, 4) is 0 Å². The van der Waals surface area contributed by atoms with E-state index >= 15 is 0 Å². The molecule has 0 saturated carbocycles. The molecule has 1 unspecified atom stereocenters. The standard InChI is InChI=1S/C34H35N5O5/c1-24(10-7-8-17-37-22-30(35-36-37)28(23-40)26-12-3-2-4-13-26)34(43)29-15-5-6-16-31(29)39(32(34)41)21-25-11-9-14-27(20-25)38-18-19-44-33(38)42/h2-7,9-16,20,22,24,28,40,43H,8,17-19,21,23H2,1H3/b10-7+/t24-,28?,34+/m0/s1. The third-order valence-corrected chi connectivity index (χ3v) is 8.41. The van der Waals surface area contributed by atoms with Crippen LogP contribution in [0.5, 0.6) is 0 Å². The number of hydrogen-bond acceptors (Lipinski definition) is 7. The molecule has 2 aliphatic heterocycles. The Hall–Kier alpha value is -4.80. The Labute approximate surface area is 255 Å². The number of nitrogens with zero attached hydrogens (tertiary/aromatic N) is 5. The van der Waals surface area contributed by atoms with Crippen LogP contribution in [0, 0.1) is 5.92 Å². The summed E-state index contributed by atoms with van der Waals surface area (Å²) in [7, 11) is 0. The lowest BCUT2D eigenvalue weighted by molar-refractivity contribution is -0.139. The Morgan fingerprint density at radius 2 is 1.84 bits per heavy atom. The van der Waals surface area contributed by atoms with E-state index in [1.165, 1.54) is 0 Å². The molecule has 3 atom stereocenters. The molecule has 10 heteroatoms. The Bertz CT molecular complexity index is 1670. The quantitative estimate of drug-likeness (QED) is 0.248. The van der Waals surface area contributed by atoms with Gasteiger partial charge in [0, 0.05) is 29.9 Å². The van der Waals surface area contributed by atoms with Crippen LogP contribution in [0.2, 0.25) is 0 Å². The Morgan fingerprint density at radius 3 is 2.61 bits per heavy atom. The lowest BCUT2D eigenvalue weighted by atomic mass is 9.83. The first-order valence-corrected chi connectivity index (χ1v) is 14.8. The number of fused-ring (bicyclic) bond motifs is 1. The minimum absolute atomic E-state index is 0.0657. The number of para-hydroxylation sites is 1. The molecular formula is C34H35N5O5. The van der Waals surface area contributed by atoms with Crippen LogP contribution in [-0.4, -0.2) is 57.0 Å². The van der Waals surface area contributed by atoms with Crippen LogP contribution in [0.4, 0.5) is 16.2 Å². The minimum atomic E-state index is -1.73. The second-order valence-corrected chi connectivity index (χ2v) is 11.2. The molecule has 1 aromatic heterocycles. The molecule has 4 aromatic rings. The number of aryl methyl sites for hydroxylation is 1. The zero-order chi connectivity index (χ0) is 30.7. The largest absolute Gasteiger partial charge is 0.447 e. The molecule has 0 bridgehead atoms. The van der Waals surface area contributed by atoms with Gasteiger partial charge in [0.1, 0.15) is 6.61 Å². The SMILES string of the molecule is C[C@@H](/C=C/CCn1cc(C(CO)c2ccccc2)nn1)[C@]1(O)C(=O)N(Cc2cccc(N3CCOC3=O)c2)c2ccccc21. The van der Waals surface area contributed by atoms with Crippen molar-refractivity contribution in [1.29, 1.82) is 0 Å². The van der Waals surface area contributed by atoms with E-state index in [0.717, 1.165) is 11.1 Å². The monoisotopic (exact) mass is 593 g/mol. The first-order valence-electron chi connectivity index (χ1n) is 14.8. The number of ether oxygens (including phenoxy) is 1. The van der Waals surface area contributed by atoms with Crippen molar-refractivity contribution >= 4 is 23.4 Å². The molecule has 6 rings (SSSR count). The Balaban J connectivity index is 1.14. The summed E-state index contributed by atoms with van der Waals surface area (Å²) >= 11 is 0. The number of allylic oxidation sites excluding steroid dienone is 1. The summed E-state index contributed by atoms with van der Waals surface area (Å²) in [4.78, 5) is 29.2.